The van der Waals surface area contributed by atoms with Crippen molar-refractivity contribution in [3.05, 3.63) is 58.6 Å². The van der Waals surface area contributed by atoms with Crippen LogP contribution in [0.5, 0.6) is 0 Å². The highest BCUT2D eigenvalue weighted by molar-refractivity contribution is 7.80. The molecular weight excluding hydrogens is 370 g/mol. The number of ether oxygens (including phenoxy) is 1. The van der Waals surface area contributed by atoms with E-state index >= 15 is 0 Å². The Hall–Kier alpha value is -2.15. The molecule has 136 valence electrons. The average Bonchev–Trinajstić information content (AvgIpc) is 2.62. The summed E-state index contributed by atoms with van der Waals surface area (Å²) in [6.45, 7) is 4.94. The highest BCUT2D eigenvalue weighted by Gasteiger charge is 2.16. The number of amides is 1. The lowest BCUT2D eigenvalue weighted by atomic mass is 10.1. The quantitative estimate of drug-likeness (QED) is 0.785. The lowest BCUT2D eigenvalue weighted by molar-refractivity contribution is 0.0978. The predicted octanol–water partition coefficient (Wildman–Crippen LogP) is 3.61. The minimum Gasteiger partial charge on any atom is -0.378 e. The summed E-state index contributed by atoms with van der Waals surface area (Å²) in [7, 11) is 0. The second-order valence-electron chi connectivity index (χ2n) is 6.01. The number of carbonyl (C=O) groups is 1. The first-order valence-electron chi connectivity index (χ1n) is 8.35. The van der Waals surface area contributed by atoms with Gasteiger partial charge in [0.25, 0.3) is 5.91 Å². The number of benzene rings is 2. The van der Waals surface area contributed by atoms with E-state index in [9.17, 15) is 4.79 Å². The van der Waals surface area contributed by atoms with Crippen molar-refractivity contribution in [2.45, 2.75) is 6.92 Å². The zero-order chi connectivity index (χ0) is 18.5. The summed E-state index contributed by atoms with van der Waals surface area (Å²) in [4.78, 5) is 14.6. The fraction of sp³-hybridized carbons (Fsp3) is 0.263. The molecule has 0 saturated carbocycles. The summed E-state index contributed by atoms with van der Waals surface area (Å²) in [5.74, 6) is -0.337. The summed E-state index contributed by atoms with van der Waals surface area (Å²) in [5.41, 5.74) is 3.25. The second-order valence-corrected chi connectivity index (χ2v) is 6.82. The summed E-state index contributed by atoms with van der Waals surface area (Å²) < 4.78 is 5.41. The lowest BCUT2D eigenvalue weighted by Gasteiger charge is -2.30. The monoisotopic (exact) mass is 389 g/mol. The van der Waals surface area contributed by atoms with Crippen LogP contribution in [-0.4, -0.2) is 37.3 Å². The molecule has 1 heterocycles. The summed E-state index contributed by atoms with van der Waals surface area (Å²) in [6.07, 6.45) is 0. The van der Waals surface area contributed by atoms with Gasteiger partial charge < -0.3 is 15.0 Å². The number of morpholine rings is 1. The van der Waals surface area contributed by atoms with E-state index in [1.165, 1.54) is 0 Å². The number of nitrogens with zero attached hydrogens (tertiary/aromatic N) is 1. The van der Waals surface area contributed by atoms with Gasteiger partial charge in [-0.05, 0) is 49.0 Å². The van der Waals surface area contributed by atoms with Gasteiger partial charge in [-0.3, -0.25) is 10.1 Å². The standard InChI is InChI=1S/C19H20ClN3O2S/c1-13-6-7-14(15(20)12-13)18(24)22-19(26)21-16-4-2-3-5-17(16)23-8-10-25-11-9-23/h2-7,12H,8-11H2,1H3,(H2,21,22,24,26). The topological polar surface area (TPSA) is 53.6 Å². The number of halogens is 1. The molecule has 1 aliphatic heterocycles. The van der Waals surface area contributed by atoms with Crippen molar-refractivity contribution in [3.63, 3.8) is 0 Å². The summed E-state index contributed by atoms with van der Waals surface area (Å²) in [6, 6.07) is 13.1. The van der Waals surface area contributed by atoms with Crippen molar-refractivity contribution in [1.82, 2.24) is 5.32 Å². The molecule has 0 unspecified atom stereocenters. The molecular formula is C19H20ClN3O2S. The Bertz CT molecular complexity index is 822. The largest absolute Gasteiger partial charge is 0.378 e. The maximum Gasteiger partial charge on any atom is 0.258 e. The van der Waals surface area contributed by atoms with Gasteiger partial charge >= 0.3 is 0 Å². The van der Waals surface area contributed by atoms with Crippen LogP contribution in [0.15, 0.2) is 42.5 Å². The molecule has 2 aromatic carbocycles. The Morgan fingerprint density at radius 2 is 1.92 bits per heavy atom. The number of thiocarbonyl (C=S) groups is 1. The SMILES string of the molecule is Cc1ccc(C(=O)NC(=S)Nc2ccccc2N2CCOCC2)c(Cl)c1. The van der Waals surface area contributed by atoms with E-state index < -0.39 is 0 Å². The molecule has 2 N–H and O–H groups in total. The minimum atomic E-state index is -0.337. The lowest BCUT2D eigenvalue weighted by Crippen LogP contribution is -2.38. The number of hydrogen-bond donors (Lipinski definition) is 2. The van der Waals surface area contributed by atoms with E-state index in [4.69, 9.17) is 28.6 Å². The third kappa shape index (κ3) is 4.52. The second kappa shape index (κ2) is 8.49. The number of anilines is 2. The molecule has 1 saturated heterocycles. The van der Waals surface area contributed by atoms with Gasteiger partial charge in [0.05, 0.1) is 35.2 Å². The zero-order valence-corrected chi connectivity index (χ0v) is 16.0. The molecule has 0 spiro atoms. The van der Waals surface area contributed by atoms with Crippen LogP contribution in [0, 0.1) is 6.92 Å². The molecule has 0 aliphatic carbocycles. The summed E-state index contributed by atoms with van der Waals surface area (Å²) >= 11 is 11.5. The Balaban J connectivity index is 1.69. The molecule has 1 fully saturated rings. The third-order valence-electron chi connectivity index (χ3n) is 4.10. The zero-order valence-electron chi connectivity index (χ0n) is 14.4. The van der Waals surface area contributed by atoms with Crippen molar-refractivity contribution in [1.29, 1.82) is 0 Å². The van der Waals surface area contributed by atoms with Crippen LogP contribution < -0.4 is 15.5 Å². The molecule has 26 heavy (non-hydrogen) atoms. The molecule has 3 rings (SSSR count). The maximum atomic E-state index is 12.4. The number of para-hydroxylation sites is 2. The van der Waals surface area contributed by atoms with Gasteiger partial charge in [0.15, 0.2) is 5.11 Å². The molecule has 0 bridgehead atoms. The smallest absolute Gasteiger partial charge is 0.258 e. The predicted molar refractivity (Wildman–Crippen MR) is 109 cm³/mol. The molecule has 0 radical (unpaired) electrons. The van der Waals surface area contributed by atoms with Gasteiger partial charge in [-0.25, -0.2) is 0 Å². The molecule has 7 heteroatoms. The first kappa shape index (κ1) is 18.6. The van der Waals surface area contributed by atoms with Gasteiger partial charge in [-0.15, -0.1) is 0 Å². The highest BCUT2D eigenvalue weighted by atomic mass is 35.5. The van der Waals surface area contributed by atoms with Crippen molar-refractivity contribution in [2.24, 2.45) is 0 Å². The Kier molecular flexibility index (Phi) is 6.08. The normalized spacial score (nSPS) is 14.0. The van der Waals surface area contributed by atoms with Crippen LogP contribution in [-0.2, 0) is 4.74 Å². The Morgan fingerprint density at radius 1 is 1.19 bits per heavy atom. The van der Waals surface area contributed by atoms with E-state index in [2.05, 4.69) is 15.5 Å². The molecule has 0 atom stereocenters. The van der Waals surface area contributed by atoms with Crippen LogP contribution in [0.3, 0.4) is 0 Å². The van der Waals surface area contributed by atoms with E-state index in [1.807, 2.05) is 37.3 Å². The van der Waals surface area contributed by atoms with Crippen LogP contribution in [0.2, 0.25) is 5.02 Å². The van der Waals surface area contributed by atoms with Crippen LogP contribution >= 0.6 is 23.8 Å². The first-order chi connectivity index (χ1) is 12.5. The molecule has 1 amide bonds. The maximum absolute atomic E-state index is 12.4. The molecule has 2 aromatic rings. The fourth-order valence-electron chi connectivity index (χ4n) is 2.79. The van der Waals surface area contributed by atoms with Gasteiger partial charge in [0, 0.05) is 13.1 Å². The van der Waals surface area contributed by atoms with E-state index in [0.717, 1.165) is 30.0 Å². The van der Waals surface area contributed by atoms with Crippen molar-refractivity contribution >= 4 is 46.2 Å². The highest BCUT2D eigenvalue weighted by Crippen LogP contribution is 2.26. The number of nitrogens with one attached hydrogen (secondary N) is 2. The van der Waals surface area contributed by atoms with Gasteiger partial charge in [-0.2, -0.15) is 0 Å². The van der Waals surface area contributed by atoms with E-state index in [1.54, 1.807) is 12.1 Å². The van der Waals surface area contributed by atoms with Gasteiger partial charge in [0.2, 0.25) is 0 Å². The number of hydrogen-bond acceptors (Lipinski definition) is 4. The van der Waals surface area contributed by atoms with E-state index in [-0.39, 0.29) is 11.0 Å². The van der Waals surface area contributed by atoms with Crippen LogP contribution in [0.4, 0.5) is 11.4 Å². The fourth-order valence-corrected chi connectivity index (χ4v) is 3.31. The first-order valence-corrected chi connectivity index (χ1v) is 9.13. The van der Waals surface area contributed by atoms with Crippen molar-refractivity contribution < 1.29 is 9.53 Å². The van der Waals surface area contributed by atoms with Gasteiger partial charge in [-0.1, -0.05) is 29.8 Å². The minimum absolute atomic E-state index is 0.229. The molecule has 5 nitrogen and oxygen atoms in total. The Labute approximate surface area is 163 Å². The number of rotatable bonds is 3. The number of carbonyl (C=O) groups excluding carboxylic acids is 1. The van der Waals surface area contributed by atoms with Crippen LogP contribution in [0.1, 0.15) is 15.9 Å². The van der Waals surface area contributed by atoms with Crippen molar-refractivity contribution in [3.8, 4) is 0 Å². The molecule has 0 aromatic heterocycles. The third-order valence-corrected chi connectivity index (χ3v) is 4.62. The molecule has 1 aliphatic rings. The van der Waals surface area contributed by atoms with Crippen molar-refractivity contribution in [2.75, 3.05) is 36.5 Å². The van der Waals surface area contributed by atoms with E-state index in [0.29, 0.717) is 23.8 Å². The van der Waals surface area contributed by atoms with Gasteiger partial charge in [0.1, 0.15) is 0 Å². The Morgan fingerprint density at radius 3 is 2.65 bits per heavy atom. The summed E-state index contributed by atoms with van der Waals surface area (Å²) in [5, 5.41) is 6.43. The average molecular weight is 390 g/mol. The van der Waals surface area contributed by atoms with Crippen LogP contribution in [0.25, 0.3) is 0 Å². The number of aryl methyl sites for hydroxylation is 1.